The van der Waals surface area contributed by atoms with Gasteiger partial charge in [0.1, 0.15) is 12.4 Å². The first-order valence-corrected chi connectivity index (χ1v) is 7.39. The average Bonchev–Trinajstić information content (AvgIpc) is 3.00. The standard InChI is InChI=1S/C15H12Cl2N4O/c16-12-6-7-13(17)14(10-12)22-9-8-21-19-15(18-20-21)11-4-2-1-3-5-11/h1-7,10H,8-9H2. The van der Waals surface area contributed by atoms with Gasteiger partial charge in [0.2, 0.25) is 5.82 Å². The van der Waals surface area contributed by atoms with Gasteiger partial charge in [0.05, 0.1) is 11.6 Å². The van der Waals surface area contributed by atoms with Crippen molar-refractivity contribution in [3.8, 4) is 17.1 Å². The zero-order valence-corrected chi connectivity index (χ0v) is 13.0. The van der Waals surface area contributed by atoms with Crippen LogP contribution in [-0.4, -0.2) is 26.8 Å². The Balaban J connectivity index is 1.61. The van der Waals surface area contributed by atoms with Crippen LogP contribution >= 0.6 is 23.2 Å². The number of hydrogen-bond donors (Lipinski definition) is 0. The van der Waals surface area contributed by atoms with Gasteiger partial charge in [-0.1, -0.05) is 53.5 Å². The number of halogens is 2. The predicted molar refractivity (Wildman–Crippen MR) is 85.2 cm³/mol. The van der Waals surface area contributed by atoms with Gasteiger partial charge in [-0.3, -0.25) is 0 Å². The Hall–Kier alpha value is -2.11. The molecule has 0 fully saturated rings. The van der Waals surface area contributed by atoms with Crippen LogP contribution in [0.25, 0.3) is 11.4 Å². The van der Waals surface area contributed by atoms with Crippen molar-refractivity contribution in [2.24, 2.45) is 0 Å². The number of nitrogens with zero attached hydrogens (tertiary/aromatic N) is 4. The molecule has 22 heavy (non-hydrogen) atoms. The Labute approximate surface area is 137 Å². The fourth-order valence-corrected chi connectivity index (χ4v) is 2.20. The van der Waals surface area contributed by atoms with Gasteiger partial charge in [-0.25, -0.2) is 0 Å². The Morgan fingerprint density at radius 3 is 2.68 bits per heavy atom. The van der Waals surface area contributed by atoms with E-state index in [0.29, 0.717) is 34.8 Å². The molecule has 1 aromatic heterocycles. The predicted octanol–water partition coefficient (Wildman–Crippen LogP) is 3.73. The highest BCUT2D eigenvalue weighted by Crippen LogP contribution is 2.27. The molecule has 0 unspecified atom stereocenters. The Bertz CT molecular complexity index is 761. The molecule has 0 aliphatic rings. The number of rotatable bonds is 5. The van der Waals surface area contributed by atoms with Crippen molar-refractivity contribution in [2.75, 3.05) is 6.61 Å². The zero-order valence-electron chi connectivity index (χ0n) is 11.5. The highest BCUT2D eigenvalue weighted by atomic mass is 35.5. The van der Waals surface area contributed by atoms with Crippen LogP contribution in [0.15, 0.2) is 48.5 Å². The van der Waals surface area contributed by atoms with Crippen molar-refractivity contribution in [3.63, 3.8) is 0 Å². The summed E-state index contributed by atoms with van der Waals surface area (Å²) in [7, 11) is 0. The van der Waals surface area contributed by atoms with Crippen LogP contribution in [0.3, 0.4) is 0 Å². The van der Waals surface area contributed by atoms with E-state index in [2.05, 4.69) is 15.4 Å². The maximum atomic E-state index is 6.03. The molecule has 3 aromatic rings. The van der Waals surface area contributed by atoms with Crippen LogP contribution in [0.5, 0.6) is 5.75 Å². The van der Waals surface area contributed by atoms with E-state index in [1.54, 1.807) is 18.2 Å². The van der Waals surface area contributed by atoms with E-state index < -0.39 is 0 Å². The number of hydrogen-bond acceptors (Lipinski definition) is 4. The van der Waals surface area contributed by atoms with Crippen molar-refractivity contribution in [3.05, 3.63) is 58.6 Å². The third-order valence-corrected chi connectivity index (χ3v) is 3.47. The van der Waals surface area contributed by atoms with Gasteiger partial charge in [0.15, 0.2) is 0 Å². The van der Waals surface area contributed by atoms with Gasteiger partial charge < -0.3 is 4.74 Å². The lowest BCUT2D eigenvalue weighted by Gasteiger charge is -2.07. The topological polar surface area (TPSA) is 52.8 Å². The quantitative estimate of drug-likeness (QED) is 0.713. The van der Waals surface area contributed by atoms with E-state index in [0.717, 1.165) is 5.56 Å². The van der Waals surface area contributed by atoms with Crippen LogP contribution in [0.4, 0.5) is 0 Å². The van der Waals surface area contributed by atoms with Crippen LogP contribution in [0.2, 0.25) is 10.0 Å². The molecule has 0 amide bonds. The Morgan fingerprint density at radius 1 is 1.05 bits per heavy atom. The third-order valence-electron chi connectivity index (χ3n) is 2.93. The summed E-state index contributed by atoms with van der Waals surface area (Å²) in [6, 6.07) is 14.8. The second-order valence-corrected chi connectivity index (χ2v) is 5.34. The van der Waals surface area contributed by atoms with Crippen molar-refractivity contribution in [1.82, 2.24) is 20.2 Å². The monoisotopic (exact) mass is 334 g/mol. The second-order valence-electron chi connectivity index (χ2n) is 4.50. The van der Waals surface area contributed by atoms with Crippen LogP contribution < -0.4 is 4.74 Å². The Kier molecular flexibility index (Phi) is 4.56. The van der Waals surface area contributed by atoms with Crippen molar-refractivity contribution in [1.29, 1.82) is 0 Å². The lowest BCUT2D eigenvalue weighted by molar-refractivity contribution is 0.280. The highest BCUT2D eigenvalue weighted by Gasteiger charge is 2.06. The van der Waals surface area contributed by atoms with Gasteiger partial charge in [-0.2, -0.15) is 4.80 Å². The molecule has 0 radical (unpaired) electrons. The summed E-state index contributed by atoms with van der Waals surface area (Å²) in [5.74, 6) is 1.12. The van der Waals surface area contributed by atoms with E-state index in [4.69, 9.17) is 27.9 Å². The summed E-state index contributed by atoms with van der Waals surface area (Å²) in [6.45, 7) is 0.827. The normalized spacial score (nSPS) is 10.6. The second kappa shape index (κ2) is 6.77. The van der Waals surface area contributed by atoms with Gasteiger partial charge in [-0.15, -0.1) is 10.2 Å². The minimum absolute atomic E-state index is 0.366. The molecule has 112 valence electrons. The smallest absolute Gasteiger partial charge is 0.204 e. The molecule has 0 saturated carbocycles. The summed E-state index contributed by atoms with van der Waals surface area (Å²) in [6.07, 6.45) is 0. The molecule has 0 aliphatic carbocycles. The summed E-state index contributed by atoms with van der Waals surface area (Å²) >= 11 is 11.9. The largest absolute Gasteiger partial charge is 0.490 e. The van der Waals surface area contributed by atoms with E-state index >= 15 is 0 Å². The first-order valence-electron chi connectivity index (χ1n) is 6.63. The lowest BCUT2D eigenvalue weighted by atomic mass is 10.2. The molecule has 0 aliphatic heterocycles. The molecule has 0 spiro atoms. The molecule has 7 heteroatoms. The average molecular weight is 335 g/mol. The molecular weight excluding hydrogens is 323 g/mol. The summed E-state index contributed by atoms with van der Waals surface area (Å²) in [4.78, 5) is 1.49. The molecule has 0 atom stereocenters. The first-order chi connectivity index (χ1) is 10.7. The van der Waals surface area contributed by atoms with Gasteiger partial charge in [-0.05, 0) is 17.3 Å². The molecule has 0 N–H and O–H groups in total. The summed E-state index contributed by atoms with van der Waals surface area (Å²) < 4.78 is 5.59. The minimum Gasteiger partial charge on any atom is -0.490 e. The van der Waals surface area contributed by atoms with E-state index in [1.807, 2.05) is 30.3 Å². The number of benzene rings is 2. The van der Waals surface area contributed by atoms with Crippen LogP contribution in [0, 0.1) is 0 Å². The first kappa shape index (κ1) is 14.8. The molecule has 1 heterocycles. The summed E-state index contributed by atoms with van der Waals surface area (Å²) in [5.41, 5.74) is 0.924. The Morgan fingerprint density at radius 2 is 1.86 bits per heavy atom. The molecule has 0 saturated heterocycles. The fourth-order valence-electron chi connectivity index (χ4n) is 1.87. The molecular formula is C15H12Cl2N4O. The molecule has 5 nitrogen and oxygen atoms in total. The maximum Gasteiger partial charge on any atom is 0.204 e. The van der Waals surface area contributed by atoms with Crippen LogP contribution in [-0.2, 0) is 6.54 Å². The van der Waals surface area contributed by atoms with Gasteiger partial charge in [0, 0.05) is 16.7 Å². The number of aromatic nitrogens is 4. The number of tetrazole rings is 1. The van der Waals surface area contributed by atoms with Crippen molar-refractivity contribution in [2.45, 2.75) is 6.54 Å². The number of ether oxygens (including phenoxy) is 1. The van der Waals surface area contributed by atoms with Crippen LogP contribution in [0.1, 0.15) is 0 Å². The van der Waals surface area contributed by atoms with Gasteiger partial charge >= 0.3 is 0 Å². The SMILES string of the molecule is Clc1ccc(Cl)c(OCCn2nnc(-c3ccccc3)n2)c1. The summed E-state index contributed by atoms with van der Waals surface area (Å²) in [5, 5.41) is 13.4. The molecule has 3 rings (SSSR count). The molecule has 0 bridgehead atoms. The fraction of sp³-hybridized carbons (Fsp3) is 0.133. The van der Waals surface area contributed by atoms with Crippen molar-refractivity contribution >= 4 is 23.2 Å². The van der Waals surface area contributed by atoms with Crippen molar-refractivity contribution < 1.29 is 4.74 Å². The minimum atomic E-state index is 0.366. The maximum absolute atomic E-state index is 6.03. The molecule has 2 aromatic carbocycles. The zero-order chi connectivity index (χ0) is 15.4. The van der Waals surface area contributed by atoms with E-state index in [-0.39, 0.29) is 0 Å². The highest BCUT2D eigenvalue weighted by molar-refractivity contribution is 6.34. The lowest BCUT2D eigenvalue weighted by Crippen LogP contribution is -2.11. The third kappa shape index (κ3) is 3.55. The van der Waals surface area contributed by atoms with Gasteiger partial charge in [0.25, 0.3) is 0 Å². The van der Waals surface area contributed by atoms with E-state index in [9.17, 15) is 0 Å². The van der Waals surface area contributed by atoms with E-state index in [1.165, 1.54) is 4.80 Å².